The molecule has 0 amide bonds. The maximum Gasteiger partial charge on any atom is 0.316 e. The van der Waals surface area contributed by atoms with Crippen LogP contribution in [0.3, 0.4) is 0 Å². The van der Waals surface area contributed by atoms with Gasteiger partial charge in [0.2, 0.25) is 0 Å². The van der Waals surface area contributed by atoms with Gasteiger partial charge in [0, 0.05) is 11.8 Å². The number of rotatable bonds is 1. The quantitative estimate of drug-likeness (QED) is 0.386. The van der Waals surface area contributed by atoms with E-state index < -0.39 is 51.5 Å². The number of methoxy groups -OCH3 is 1. The van der Waals surface area contributed by atoms with E-state index in [4.69, 9.17) is 14.2 Å². The van der Waals surface area contributed by atoms with Crippen LogP contribution in [0.5, 0.6) is 0 Å². The van der Waals surface area contributed by atoms with Crippen LogP contribution >= 0.6 is 0 Å². The van der Waals surface area contributed by atoms with Crippen LogP contribution in [-0.2, 0) is 23.8 Å². The molecule has 3 saturated carbocycles. The number of aliphatic hydroxyl groups is 2. The highest BCUT2D eigenvalue weighted by Gasteiger charge is 2.87. The van der Waals surface area contributed by atoms with Crippen molar-refractivity contribution in [2.75, 3.05) is 13.7 Å². The molecule has 2 heterocycles. The molecule has 27 heavy (non-hydrogen) atoms. The Morgan fingerprint density at radius 1 is 1.37 bits per heavy atom. The van der Waals surface area contributed by atoms with Crippen LogP contribution < -0.4 is 0 Å². The summed E-state index contributed by atoms with van der Waals surface area (Å²) in [6, 6.07) is 0. The van der Waals surface area contributed by atoms with E-state index in [1.165, 1.54) is 7.11 Å². The molecular formula is C20H24O7. The number of fused-ring (bicyclic) bond motifs is 2. The number of ether oxygens (including phenoxy) is 3. The van der Waals surface area contributed by atoms with E-state index in [9.17, 15) is 19.8 Å². The van der Waals surface area contributed by atoms with Crippen molar-refractivity contribution in [3.05, 3.63) is 12.2 Å². The lowest BCUT2D eigenvalue weighted by molar-refractivity contribution is -0.164. The lowest BCUT2D eigenvalue weighted by atomic mass is 9.61. The molecule has 0 aromatic carbocycles. The van der Waals surface area contributed by atoms with Gasteiger partial charge in [-0.2, -0.15) is 0 Å². The van der Waals surface area contributed by atoms with Crippen molar-refractivity contribution in [1.82, 2.24) is 0 Å². The first-order valence-electron chi connectivity index (χ1n) is 9.74. The Labute approximate surface area is 156 Å². The molecule has 2 saturated heterocycles. The van der Waals surface area contributed by atoms with Crippen molar-refractivity contribution in [2.45, 2.75) is 55.5 Å². The molecule has 0 unspecified atom stereocenters. The molecule has 0 aromatic heterocycles. The number of esters is 2. The van der Waals surface area contributed by atoms with Crippen molar-refractivity contribution in [3.8, 4) is 0 Å². The van der Waals surface area contributed by atoms with Gasteiger partial charge in [0.05, 0.1) is 31.3 Å². The summed E-state index contributed by atoms with van der Waals surface area (Å²) in [5, 5.41) is 22.0. The van der Waals surface area contributed by atoms with Gasteiger partial charge in [0.15, 0.2) is 0 Å². The van der Waals surface area contributed by atoms with E-state index in [0.29, 0.717) is 32.3 Å². The van der Waals surface area contributed by atoms with Crippen molar-refractivity contribution in [1.29, 1.82) is 0 Å². The van der Waals surface area contributed by atoms with Gasteiger partial charge in [0.1, 0.15) is 16.6 Å². The smallest absolute Gasteiger partial charge is 0.316 e. The number of aliphatic hydroxyl groups excluding tert-OH is 1. The average Bonchev–Trinajstić information content (AvgIpc) is 3.28. The highest BCUT2D eigenvalue weighted by molar-refractivity contribution is 5.87. The molecule has 7 heteroatoms. The van der Waals surface area contributed by atoms with E-state index >= 15 is 0 Å². The second-order valence-corrected chi connectivity index (χ2v) is 9.80. The minimum absolute atomic E-state index is 0.0996. The molecule has 6 rings (SSSR count). The zero-order valence-electron chi connectivity index (χ0n) is 15.4. The number of carbonyl (C=O) groups is 2. The van der Waals surface area contributed by atoms with Crippen LogP contribution in [0, 0.1) is 28.6 Å². The fourth-order valence-corrected chi connectivity index (χ4v) is 7.92. The summed E-state index contributed by atoms with van der Waals surface area (Å²) < 4.78 is 17.0. The first kappa shape index (κ1) is 16.5. The fourth-order valence-electron chi connectivity index (χ4n) is 7.92. The first-order chi connectivity index (χ1) is 12.7. The van der Waals surface area contributed by atoms with Crippen LogP contribution in [0.25, 0.3) is 0 Å². The number of hydrogen-bond donors (Lipinski definition) is 2. The molecule has 2 spiro atoms. The third-order valence-electron chi connectivity index (χ3n) is 9.07. The average molecular weight is 376 g/mol. The summed E-state index contributed by atoms with van der Waals surface area (Å²) in [7, 11) is 1.36. The maximum absolute atomic E-state index is 13.1. The largest absolute Gasteiger partial charge is 0.469 e. The minimum atomic E-state index is -1.20. The summed E-state index contributed by atoms with van der Waals surface area (Å²) in [4.78, 5) is 26.0. The summed E-state index contributed by atoms with van der Waals surface area (Å²) in [6.07, 6.45) is 4.67. The van der Waals surface area contributed by atoms with Crippen LogP contribution in [0.1, 0.15) is 32.6 Å². The van der Waals surface area contributed by atoms with Crippen LogP contribution in [0.15, 0.2) is 12.2 Å². The standard InChI is InChI=1S/C20H24O7/c1-16-11(21)4-6-20(27-15(16)23)10-3-5-18(24)7-17(10,8-19(18)9-26-19)12(13(16)20)14(22)25-2/h4,6,10-13,21,24H,3,5,7-9H2,1-2H3/t10-,11+,12-,13-,16-,17-,18+,19+,20-/m1/s1. The van der Waals surface area contributed by atoms with Crippen molar-refractivity contribution < 1.29 is 34.0 Å². The van der Waals surface area contributed by atoms with E-state index in [2.05, 4.69) is 0 Å². The van der Waals surface area contributed by atoms with Gasteiger partial charge in [-0.15, -0.1) is 0 Å². The topological polar surface area (TPSA) is 106 Å². The molecule has 7 nitrogen and oxygen atoms in total. The highest BCUT2D eigenvalue weighted by Crippen LogP contribution is 2.79. The molecule has 0 aromatic rings. The Morgan fingerprint density at radius 2 is 2.11 bits per heavy atom. The van der Waals surface area contributed by atoms with Crippen molar-refractivity contribution >= 4 is 11.9 Å². The lowest BCUT2D eigenvalue weighted by Crippen LogP contribution is -2.51. The Kier molecular flexibility index (Phi) is 2.61. The third kappa shape index (κ3) is 1.43. The number of carbonyl (C=O) groups excluding carboxylic acids is 2. The molecule has 6 aliphatic rings. The predicted octanol–water partition coefficient (Wildman–Crippen LogP) is 0.328. The Balaban J connectivity index is 1.61. The molecule has 5 fully saturated rings. The predicted molar refractivity (Wildman–Crippen MR) is 89.1 cm³/mol. The monoisotopic (exact) mass is 376 g/mol. The van der Waals surface area contributed by atoms with Crippen LogP contribution in [-0.4, -0.2) is 58.8 Å². The van der Waals surface area contributed by atoms with Crippen LogP contribution in [0.2, 0.25) is 0 Å². The summed E-state index contributed by atoms with van der Waals surface area (Å²) in [5.41, 5.74) is -4.22. The number of hydrogen-bond acceptors (Lipinski definition) is 7. The molecule has 146 valence electrons. The Bertz CT molecular complexity index is 813. The zero-order chi connectivity index (χ0) is 19.0. The Morgan fingerprint density at radius 3 is 2.78 bits per heavy atom. The second-order valence-electron chi connectivity index (χ2n) is 9.80. The third-order valence-corrected chi connectivity index (χ3v) is 9.07. The molecular weight excluding hydrogens is 352 g/mol. The van der Waals surface area contributed by atoms with E-state index in [0.717, 1.165) is 0 Å². The normalized spacial score (nSPS) is 61.6. The molecule has 9 atom stereocenters. The zero-order valence-corrected chi connectivity index (χ0v) is 15.4. The second kappa shape index (κ2) is 4.26. The van der Waals surface area contributed by atoms with Gasteiger partial charge in [-0.25, -0.2) is 0 Å². The van der Waals surface area contributed by atoms with Gasteiger partial charge in [-0.1, -0.05) is 6.08 Å². The fraction of sp³-hybridized carbons (Fsp3) is 0.800. The van der Waals surface area contributed by atoms with Gasteiger partial charge in [0.25, 0.3) is 0 Å². The van der Waals surface area contributed by atoms with Crippen molar-refractivity contribution in [3.63, 3.8) is 0 Å². The van der Waals surface area contributed by atoms with E-state index in [1.807, 2.05) is 6.08 Å². The minimum Gasteiger partial charge on any atom is -0.469 e. The van der Waals surface area contributed by atoms with Crippen LogP contribution in [0.4, 0.5) is 0 Å². The highest BCUT2D eigenvalue weighted by atomic mass is 16.6. The number of epoxide rings is 1. The first-order valence-corrected chi connectivity index (χ1v) is 9.74. The van der Waals surface area contributed by atoms with Crippen molar-refractivity contribution in [2.24, 2.45) is 28.6 Å². The molecule has 4 aliphatic carbocycles. The molecule has 0 radical (unpaired) electrons. The van der Waals surface area contributed by atoms with Gasteiger partial charge in [-0.05, 0) is 44.1 Å². The summed E-state index contributed by atoms with van der Waals surface area (Å²) in [5.74, 6) is -2.08. The SMILES string of the molecule is COC(=O)[C@H]1[C@H]2[C@@]3(C=C[C@H](O)[C@@]2(C)C(=O)O3)[C@@H]2CC[C@]3(O)C[C@@]21C[C@]31CO1. The van der Waals surface area contributed by atoms with Gasteiger partial charge < -0.3 is 24.4 Å². The molecule has 2 N–H and O–H groups in total. The maximum atomic E-state index is 13.1. The lowest BCUT2D eigenvalue weighted by Gasteiger charge is -2.44. The summed E-state index contributed by atoms with van der Waals surface area (Å²) >= 11 is 0. The Hall–Kier alpha value is -1.44. The van der Waals surface area contributed by atoms with Gasteiger partial charge in [-0.3, -0.25) is 9.59 Å². The molecule has 4 bridgehead atoms. The van der Waals surface area contributed by atoms with E-state index in [1.54, 1.807) is 13.0 Å². The molecule has 2 aliphatic heterocycles. The van der Waals surface area contributed by atoms with Gasteiger partial charge >= 0.3 is 11.9 Å². The summed E-state index contributed by atoms with van der Waals surface area (Å²) in [6.45, 7) is 2.20. The van der Waals surface area contributed by atoms with E-state index in [-0.39, 0.29) is 11.9 Å².